The van der Waals surface area contributed by atoms with Crippen molar-refractivity contribution >= 4 is 11.6 Å². The first-order chi connectivity index (χ1) is 9.61. The maximum Gasteiger partial charge on any atom is 0.134 e. The van der Waals surface area contributed by atoms with Gasteiger partial charge in [0.15, 0.2) is 0 Å². The predicted octanol–water partition coefficient (Wildman–Crippen LogP) is 2.90. The Kier molecular flexibility index (Phi) is 4.45. The summed E-state index contributed by atoms with van der Waals surface area (Å²) in [6.45, 7) is 2.23. The van der Waals surface area contributed by atoms with Crippen LogP contribution < -0.4 is 11.1 Å². The van der Waals surface area contributed by atoms with E-state index in [2.05, 4.69) is 15.3 Å². The van der Waals surface area contributed by atoms with Gasteiger partial charge >= 0.3 is 0 Å². The Bertz CT molecular complexity index is 602. The van der Waals surface area contributed by atoms with E-state index in [-0.39, 0.29) is 6.54 Å². The number of nitrogens with zero attached hydrogens (tertiary/aromatic N) is 2. The van der Waals surface area contributed by atoms with Crippen molar-refractivity contribution in [1.29, 1.82) is 0 Å². The predicted molar refractivity (Wildman–Crippen MR) is 74.1 cm³/mol. The van der Waals surface area contributed by atoms with Crippen LogP contribution in [-0.4, -0.2) is 9.97 Å². The molecular weight excluding hydrogens is 262 g/mol. The fraction of sp³-hybridized carbons (Fsp3) is 0.286. The van der Waals surface area contributed by atoms with E-state index in [4.69, 9.17) is 5.73 Å². The summed E-state index contributed by atoms with van der Waals surface area (Å²) in [4.78, 5) is 8.07. The molecule has 0 aliphatic carbocycles. The molecule has 3 N–H and O–H groups in total. The van der Waals surface area contributed by atoms with Crippen molar-refractivity contribution in [3.8, 4) is 0 Å². The number of rotatable bonds is 5. The monoisotopic (exact) mass is 278 g/mol. The van der Waals surface area contributed by atoms with E-state index in [0.717, 1.165) is 24.5 Å². The van der Waals surface area contributed by atoms with Crippen LogP contribution in [-0.2, 0) is 13.0 Å². The summed E-state index contributed by atoms with van der Waals surface area (Å²) in [5.74, 6) is -0.173. The minimum Gasteiger partial charge on any atom is -0.383 e. The zero-order chi connectivity index (χ0) is 14.5. The van der Waals surface area contributed by atoms with Crippen LogP contribution in [0.4, 0.5) is 20.4 Å². The number of nitrogen functional groups attached to an aromatic ring is 1. The standard InChI is InChI=1S/C14H16F2N4/c1-2-3-11-13(17)19-8-20-14(11)18-7-9-4-5-10(15)6-12(9)16/h4-6,8H,2-3,7H2,1H3,(H3,17,18,19,20). The van der Waals surface area contributed by atoms with E-state index >= 15 is 0 Å². The Hall–Kier alpha value is -2.24. The fourth-order valence-corrected chi connectivity index (χ4v) is 1.92. The van der Waals surface area contributed by atoms with Gasteiger partial charge < -0.3 is 11.1 Å². The number of nitrogens with one attached hydrogen (secondary N) is 1. The van der Waals surface area contributed by atoms with Gasteiger partial charge in [0.2, 0.25) is 0 Å². The van der Waals surface area contributed by atoms with Crippen LogP contribution in [0.15, 0.2) is 24.5 Å². The highest BCUT2D eigenvalue weighted by atomic mass is 19.1. The summed E-state index contributed by atoms with van der Waals surface area (Å²) in [5.41, 5.74) is 7.00. The lowest BCUT2D eigenvalue weighted by Gasteiger charge is -2.12. The van der Waals surface area contributed by atoms with Gasteiger partial charge in [-0.25, -0.2) is 18.7 Å². The Morgan fingerprint density at radius 1 is 1.25 bits per heavy atom. The maximum atomic E-state index is 13.5. The normalized spacial score (nSPS) is 10.6. The first kappa shape index (κ1) is 14.2. The molecule has 1 aromatic heterocycles. The molecule has 0 saturated heterocycles. The number of benzene rings is 1. The molecule has 0 spiro atoms. The van der Waals surface area contributed by atoms with E-state index in [0.29, 0.717) is 17.2 Å². The Balaban J connectivity index is 2.16. The quantitative estimate of drug-likeness (QED) is 0.882. The minimum absolute atomic E-state index is 0.208. The average molecular weight is 278 g/mol. The lowest BCUT2D eigenvalue weighted by Crippen LogP contribution is -2.09. The molecule has 4 nitrogen and oxygen atoms in total. The number of aromatic nitrogens is 2. The van der Waals surface area contributed by atoms with Crippen LogP contribution >= 0.6 is 0 Å². The van der Waals surface area contributed by atoms with Crippen LogP contribution in [0.3, 0.4) is 0 Å². The fourth-order valence-electron chi connectivity index (χ4n) is 1.92. The van der Waals surface area contributed by atoms with E-state index in [9.17, 15) is 8.78 Å². The summed E-state index contributed by atoms with van der Waals surface area (Å²) in [6, 6.07) is 3.49. The molecular formula is C14H16F2N4. The van der Waals surface area contributed by atoms with Crippen molar-refractivity contribution in [2.75, 3.05) is 11.1 Å². The molecule has 106 valence electrons. The largest absolute Gasteiger partial charge is 0.383 e. The molecule has 0 saturated carbocycles. The minimum atomic E-state index is -0.593. The summed E-state index contributed by atoms with van der Waals surface area (Å²) < 4.78 is 26.4. The van der Waals surface area contributed by atoms with Gasteiger partial charge in [-0.2, -0.15) is 0 Å². The molecule has 0 atom stereocenters. The lowest BCUT2D eigenvalue weighted by molar-refractivity contribution is 0.574. The molecule has 1 heterocycles. The summed E-state index contributed by atoms with van der Waals surface area (Å²) in [7, 11) is 0. The van der Waals surface area contributed by atoms with Crippen molar-refractivity contribution in [2.45, 2.75) is 26.3 Å². The zero-order valence-electron chi connectivity index (χ0n) is 11.2. The van der Waals surface area contributed by atoms with Crippen molar-refractivity contribution < 1.29 is 8.78 Å². The highest BCUT2D eigenvalue weighted by Gasteiger charge is 2.09. The van der Waals surface area contributed by atoms with Crippen LogP contribution in [0.25, 0.3) is 0 Å². The molecule has 0 bridgehead atoms. The second-order valence-electron chi connectivity index (χ2n) is 4.43. The Morgan fingerprint density at radius 3 is 2.75 bits per heavy atom. The van der Waals surface area contributed by atoms with E-state index in [1.54, 1.807) is 0 Å². The summed E-state index contributed by atoms with van der Waals surface area (Å²) in [5, 5.41) is 3.02. The van der Waals surface area contributed by atoms with Crippen molar-refractivity contribution in [3.05, 3.63) is 47.3 Å². The molecule has 2 rings (SSSR count). The van der Waals surface area contributed by atoms with Crippen LogP contribution in [0.1, 0.15) is 24.5 Å². The van der Waals surface area contributed by atoms with Gasteiger partial charge in [0.25, 0.3) is 0 Å². The number of hydrogen-bond acceptors (Lipinski definition) is 4. The molecule has 0 aliphatic heterocycles. The second kappa shape index (κ2) is 6.27. The van der Waals surface area contributed by atoms with Crippen molar-refractivity contribution in [1.82, 2.24) is 9.97 Å². The average Bonchev–Trinajstić information content (AvgIpc) is 2.41. The van der Waals surface area contributed by atoms with Gasteiger partial charge in [-0.1, -0.05) is 19.4 Å². The second-order valence-corrected chi connectivity index (χ2v) is 4.43. The highest BCUT2D eigenvalue weighted by Crippen LogP contribution is 2.20. The molecule has 0 radical (unpaired) electrons. The number of nitrogens with two attached hydrogens (primary N) is 1. The molecule has 6 heteroatoms. The van der Waals surface area contributed by atoms with Gasteiger partial charge in [-0.15, -0.1) is 0 Å². The van der Waals surface area contributed by atoms with Crippen LogP contribution in [0, 0.1) is 11.6 Å². The number of hydrogen-bond donors (Lipinski definition) is 2. The summed E-state index contributed by atoms with van der Waals surface area (Å²) >= 11 is 0. The van der Waals surface area contributed by atoms with Gasteiger partial charge in [-0.05, 0) is 12.5 Å². The Labute approximate surface area is 116 Å². The van der Waals surface area contributed by atoms with Crippen molar-refractivity contribution in [3.63, 3.8) is 0 Å². The van der Waals surface area contributed by atoms with E-state index in [1.807, 2.05) is 6.92 Å². The van der Waals surface area contributed by atoms with Crippen LogP contribution in [0.2, 0.25) is 0 Å². The van der Waals surface area contributed by atoms with E-state index < -0.39 is 11.6 Å². The molecule has 1 aromatic carbocycles. The molecule has 0 amide bonds. The first-order valence-electron chi connectivity index (χ1n) is 6.39. The third-order valence-electron chi connectivity index (χ3n) is 2.94. The maximum absolute atomic E-state index is 13.5. The van der Waals surface area contributed by atoms with Crippen molar-refractivity contribution in [2.24, 2.45) is 0 Å². The highest BCUT2D eigenvalue weighted by molar-refractivity contribution is 5.55. The smallest absolute Gasteiger partial charge is 0.134 e. The third-order valence-corrected chi connectivity index (χ3v) is 2.94. The third kappa shape index (κ3) is 3.20. The van der Waals surface area contributed by atoms with Gasteiger partial charge in [0.1, 0.15) is 29.6 Å². The molecule has 20 heavy (non-hydrogen) atoms. The first-order valence-corrected chi connectivity index (χ1v) is 6.39. The topological polar surface area (TPSA) is 63.8 Å². The number of halogens is 2. The molecule has 0 fully saturated rings. The zero-order valence-corrected chi connectivity index (χ0v) is 11.2. The van der Waals surface area contributed by atoms with Gasteiger partial charge in [-0.3, -0.25) is 0 Å². The molecule has 0 aliphatic rings. The Morgan fingerprint density at radius 2 is 2.05 bits per heavy atom. The van der Waals surface area contributed by atoms with Gasteiger partial charge in [0, 0.05) is 23.7 Å². The molecule has 0 unspecified atom stereocenters. The van der Waals surface area contributed by atoms with E-state index in [1.165, 1.54) is 18.5 Å². The lowest BCUT2D eigenvalue weighted by atomic mass is 10.1. The summed E-state index contributed by atoms with van der Waals surface area (Å²) in [6.07, 6.45) is 3.00. The van der Waals surface area contributed by atoms with Crippen LogP contribution in [0.5, 0.6) is 0 Å². The van der Waals surface area contributed by atoms with Gasteiger partial charge in [0.05, 0.1) is 0 Å². The molecule has 2 aromatic rings. The SMILES string of the molecule is CCCc1c(N)ncnc1NCc1ccc(F)cc1F. The number of anilines is 2.